The Morgan fingerprint density at radius 1 is 1.43 bits per heavy atom. The number of nitrogens with one attached hydrogen (secondary N) is 2. The maximum atomic E-state index is 12.5. The van der Waals surface area contributed by atoms with Gasteiger partial charge in [0.05, 0.1) is 29.9 Å². The smallest absolute Gasteiger partial charge is 0.407 e. The van der Waals surface area contributed by atoms with Crippen LogP contribution in [0.3, 0.4) is 0 Å². The molecule has 2 N–H and O–H groups in total. The molecule has 0 unspecified atom stereocenters. The van der Waals surface area contributed by atoms with Gasteiger partial charge in [0.2, 0.25) is 0 Å². The Bertz CT molecular complexity index is 938. The fourth-order valence-electron chi connectivity index (χ4n) is 3.23. The Hall–Kier alpha value is -2.50. The molecule has 2 aromatic heterocycles. The number of amides is 2. The van der Waals surface area contributed by atoms with E-state index in [-0.39, 0.29) is 23.7 Å². The molecule has 0 aromatic carbocycles. The number of anilines is 1. The molecule has 2 aromatic rings. The standard InChI is InChI=1S/C19H25N5O5S/c1-19(4-5-19)22-18(26)29-12-7-14(28-10-12)15-8-20-17(30-15)21-16(25)13-6-11(9-27-3)23-24(13)2/h6,8,12,14H,4-5,7,9-10H2,1-3H3,(H,22,26)(H,20,21,25)/t12-,14-/m0/s1. The molecule has 0 bridgehead atoms. The average molecular weight is 436 g/mol. The lowest BCUT2D eigenvalue weighted by molar-refractivity contribution is 0.0691. The lowest BCUT2D eigenvalue weighted by Gasteiger charge is -2.15. The summed E-state index contributed by atoms with van der Waals surface area (Å²) in [5.41, 5.74) is 0.980. The zero-order valence-electron chi connectivity index (χ0n) is 17.1. The largest absolute Gasteiger partial charge is 0.444 e. The number of carbonyl (C=O) groups excluding carboxylic acids is 2. The minimum Gasteiger partial charge on any atom is -0.444 e. The van der Waals surface area contributed by atoms with Crippen molar-refractivity contribution < 1.29 is 23.8 Å². The fourth-order valence-corrected chi connectivity index (χ4v) is 4.10. The van der Waals surface area contributed by atoms with E-state index in [9.17, 15) is 9.59 Å². The van der Waals surface area contributed by atoms with Crippen LogP contribution in [-0.4, -0.2) is 52.1 Å². The first-order chi connectivity index (χ1) is 14.3. The van der Waals surface area contributed by atoms with Gasteiger partial charge >= 0.3 is 6.09 Å². The summed E-state index contributed by atoms with van der Waals surface area (Å²) in [7, 11) is 3.28. The second kappa shape index (κ2) is 8.32. The average Bonchev–Trinajstić information content (AvgIpc) is 3.09. The molecule has 2 amide bonds. The Balaban J connectivity index is 1.31. The first-order valence-corrected chi connectivity index (χ1v) is 10.6. The van der Waals surface area contributed by atoms with Crippen molar-refractivity contribution in [2.45, 2.75) is 50.5 Å². The number of aromatic nitrogens is 3. The van der Waals surface area contributed by atoms with Gasteiger partial charge in [-0.2, -0.15) is 5.10 Å². The van der Waals surface area contributed by atoms with Crippen molar-refractivity contribution in [3.8, 4) is 0 Å². The van der Waals surface area contributed by atoms with Crippen molar-refractivity contribution in [3.05, 3.63) is 28.5 Å². The van der Waals surface area contributed by atoms with E-state index >= 15 is 0 Å². The van der Waals surface area contributed by atoms with Crippen LogP contribution >= 0.6 is 11.3 Å². The Morgan fingerprint density at radius 2 is 2.23 bits per heavy atom. The minimum atomic E-state index is -0.398. The third-order valence-electron chi connectivity index (χ3n) is 5.15. The molecule has 4 rings (SSSR count). The third kappa shape index (κ3) is 4.79. The summed E-state index contributed by atoms with van der Waals surface area (Å²) in [5.74, 6) is -0.299. The van der Waals surface area contributed by atoms with Gasteiger partial charge < -0.3 is 19.5 Å². The summed E-state index contributed by atoms with van der Waals surface area (Å²) in [6.07, 6.45) is 3.28. The number of thiazole rings is 1. The molecule has 2 atom stereocenters. The molecule has 2 fully saturated rings. The van der Waals surface area contributed by atoms with E-state index in [1.165, 1.54) is 16.0 Å². The SMILES string of the molecule is COCc1cc(C(=O)Nc2ncc([C@@H]3C[C@H](OC(=O)NC4(C)CC4)CO3)s2)n(C)n1. The highest BCUT2D eigenvalue weighted by Crippen LogP contribution is 2.36. The highest BCUT2D eigenvalue weighted by molar-refractivity contribution is 7.15. The van der Waals surface area contributed by atoms with Gasteiger partial charge in [-0.05, 0) is 25.8 Å². The third-order valence-corrected chi connectivity index (χ3v) is 6.16. The quantitative estimate of drug-likeness (QED) is 0.686. The predicted molar refractivity (Wildman–Crippen MR) is 108 cm³/mol. The van der Waals surface area contributed by atoms with Crippen molar-refractivity contribution >= 4 is 28.5 Å². The van der Waals surface area contributed by atoms with Gasteiger partial charge in [-0.25, -0.2) is 9.78 Å². The highest BCUT2D eigenvalue weighted by Gasteiger charge is 2.40. The van der Waals surface area contributed by atoms with E-state index in [1.807, 2.05) is 6.92 Å². The lowest BCUT2D eigenvalue weighted by Crippen LogP contribution is -2.37. The highest BCUT2D eigenvalue weighted by atomic mass is 32.1. The monoisotopic (exact) mass is 435 g/mol. The van der Waals surface area contributed by atoms with E-state index < -0.39 is 6.09 Å². The predicted octanol–water partition coefficient (Wildman–Crippen LogP) is 2.38. The van der Waals surface area contributed by atoms with Crippen molar-refractivity contribution in [1.29, 1.82) is 0 Å². The lowest BCUT2D eigenvalue weighted by atomic mass is 10.2. The molecule has 11 heteroatoms. The zero-order chi connectivity index (χ0) is 21.3. The van der Waals surface area contributed by atoms with Crippen LogP contribution < -0.4 is 10.6 Å². The summed E-state index contributed by atoms with van der Waals surface area (Å²) in [6, 6.07) is 1.68. The number of ether oxygens (including phenoxy) is 3. The Labute approximate surface area is 177 Å². The molecule has 0 spiro atoms. The number of hydrogen-bond donors (Lipinski definition) is 2. The van der Waals surface area contributed by atoms with E-state index in [4.69, 9.17) is 14.2 Å². The van der Waals surface area contributed by atoms with Crippen LogP contribution in [0.25, 0.3) is 0 Å². The number of carbonyl (C=O) groups is 2. The second-order valence-corrected chi connectivity index (χ2v) is 8.93. The van der Waals surface area contributed by atoms with E-state index in [1.54, 1.807) is 26.4 Å². The number of methoxy groups -OCH3 is 1. The normalized spacial score (nSPS) is 22.0. The van der Waals surface area contributed by atoms with Gasteiger partial charge in [0.1, 0.15) is 11.8 Å². The molecule has 30 heavy (non-hydrogen) atoms. The molecule has 1 saturated carbocycles. The Morgan fingerprint density at radius 3 is 2.97 bits per heavy atom. The van der Waals surface area contributed by atoms with Gasteiger partial charge in [0.15, 0.2) is 5.13 Å². The van der Waals surface area contributed by atoms with Crippen LogP contribution in [0.1, 0.15) is 53.3 Å². The number of nitrogens with zero attached hydrogens (tertiary/aromatic N) is 3. The van der Waals surface area contributed by atoms with E-state index in [0.29, 0.717) is 36.2 Å². The molecule has 10 nitrogen and oxygen atoms in total. The van der Waals surface area contributed by atoms with Gasteiger partial charge in [0, 0.05) is 32.3 Å². The van der Waals surface area contributed by atoms with Crippen LogP contribution in [0, 0.1) is 0 Å². The van der Waals surface area contributed by atoms with Gasteiger partial charge in [-0.15, -0.1) is 0 Å². The molecule has 0 radical (unpaired) electrons. The molecular weight excluding hydrogens is 410 g/mol. The number of aryl methyl sites for hydroxylation is 1. The second-order valence-electron chi connectivity index (χ2n) is 7.87. The maximum Gasteiger partial charge on any atom is 0.407 e. The molecule has 1 aliphatic carbocycles. The van der Waals surface area contributed by atoms with Gasteiger partial charge in [-0.1, -0.05) is 11.3 Å². The minimum absolute atomic E-state index is 0.112. The number of hydrogen-bond acceptors (Lipinski definition) is 8. The Kier molecular flexibility index (Phi) is 5.76. The summed E-state index contributed by atoms with van der Waals surface area (Å²) in [6.45, 7) is 2.67. The molecule has 2 aliphatic rings. The first-order valence-electron chi connectivity index (χ1n) is 9.74. The van der Waals surface area contributed by atoms with E-state index in [0.717, 1.165) is 17.7 Å². The van der Waals surface area contributed by atoms with Crippen LogP contribution in [0.4, 0.5) is 9.93 Å². The molecule has 1 aliphatic heterocycles. The van der Waals surface area contributed by atoms with Crippen molar-refractivity contribution in [3.63, 3.8) is 0 Å². The summed E-state index contributed by atoms with van der Waals surface area (Å²) < 4.78 is 17.8. The van der Waals surface area contributed by atoms with Crippen molar-refractivity contribution in [1.82, 2.24) is 20.1 Å². The first kappa shape index (κ1) is 20.8. The van der Waals surface area contributed by atoms with Gasteiger partial charge in [0.25, 0.3) is 5.91 Å². The van der Waals surface area contributed by atoms with Crippen LogP contribution in [0.5, 0.6) is 0 Å². The molecule has 3 heterocycles. The van der Waals surface area contributed by atoms with E-state index in [2.05, 4.69) is 20.7 Å². The molecule has 1 saturated heterocycles. The number of rotatable bonds is 7. The molecule has 162 valence electrons. The number of alkyl carbamates (subject to hydrolysis) is 1. The summed E-state index contributed by atoms with van der Waals surface area (Å²) >= 11 is 1.34. The van der Waals surface area contributed by atoms with Crippen LogP contribution in [-0.2, 0) is 27.9 Å². The summed E-state index contributed by atoms with van der Waals surface area (Å²) in [4.78, 5) is 29.6. The summed E-state index contributed by atoms with van der Waals surface area (Å²) in [5, 5.41) is 10.4. The topological polar surface area (TPSA) is 117 Å². The fraction of sp³-hybridized carbons (Fsp3) is 0.579. The van der Waals surface area contributed by atoms with Crippen LogP contribution in [0.15, 0.2) is 12.3 Å². The van der Waals surface area contributed by atoms with Crippen LogP contribution in [0.2, 0.25) is 0 Å². The maximum absolute atomic E-state index is 12.5. The van der Waals surface area contributed by atoms with Crippen molar-refractivity contribution in [2.24, 2.45) is 7.05 Å². The van der Waals surface area contributed by atoms with Crippen molar-refractivity contribution in [2.75, 3.05) is 19.0 Å². The van der Waals surface area contributed by atoms with Gasteiger partial charge in [-0.3, -0.25) is 14.8 Å². The molecular formula is C19H25N5O5S. The zero-order valence-corrected chi connectivity index (χ0v) is 18.0.